The largest absolute Gasteiger partial charge is 0.382 e. The van der Waals surface area contributed by atoms with E-state index in [1.165, 1.54) is 6.20 Å². The second-order valence-electron chi connectivity index (χ2n) is 5.23. The first kappa shape index (κ1) is 14.9. The van der Waals surface area contributed by atoms with Crippen LogP contribution in [0.4, 0.5) is 11.4 Å². The van der Waals surface area contributed by atoms with Crippen LogP contribution in [0.5, 0.6) is 0 Å². The van der Waals surface area contributed by atoms with E-state index >= 15 is 0 Å². The minimum atomic E-state index is 0.0588. The topological polar surface area (TPSA) is 74.9 Å². The van der Waals surface area contributed by atoms with Gasteiger partial charge in [-0.2, -0.15) is 10.5 Å². The molecule has 108 valence electrons. The molecule has 21 heavy (non-hydrogen) atoms. The summed E-state index contributed by atoms with van der Waals surface area (Å²) in [6, 6.07) is 12.0. The van der Waals surface area contributed by atoms with Gasteiger partial charge < -0.3 is 15.5 Å². The van der Waals surface area contributed by atoms with Gasteiger partial charge in [-0.1, -0.05) is 0 Å². The normalized spacial score (nSPS) is 15.6. The molecule has 2 N–H and O–H groups in total. The number of anilines is 2. The maximum atomic E-state index is 8.65. The van der Waals surface area contributed by atoms with Gasteiger partial charge in [-0.05, 0) is 57.2 Å². The Labute approximate surface area is 125 Å². The van der Waals surface area contributed by atoms with Gasteiger partial charge in [0.2, 0.25) is 0 Å². The van der Waals surface area contributed by atoms with E-state index in [2.05, 4.69) is 22.6 Å². The molecule has 0 bridgehead atoms. The second kappa shape index (κ2) is 7.33. The third-order valence-electron chi connectivity index (χ3n) is 3.60. The standard InChI is InChI=1S/C16H19N5/c1-21-8-6-16(7-9-21)20-15-4-2-14(3-5-15)19-12-13(10-17)11-18/h2-5,12,16,19-20H,6-9H2,1H3. The summed E-state index contributed by atoms with van der Waals surface area (Å²) < 4.78 is 0. The zero-order valence-corrected chi connectivity index (χ0v) is 12.1. The fraction of sp³-hybridized carbons (Fsp3) is 0.375. The lowest BCUT2D eigenvalue weighted by molar-refractivity contribution is 0.264. The Hall–Kier alpha value is -2.50. The molecule has 0 amide bonds. The number of rotatable bonds is 4. The van der Waals surface area contributed by atoms with Crippen LogP contribution in [-0.2, 0) is 0 Å². The van der Waals surface area contributed by atoms with Gasteiger partial charge in [0.25, 0.3) is 0 Å². The summed E-state index contributed by atoms with van der Waals surface area (Å²) in [5.41, 5.74) is 2.01. The maximum Gasteiger partial charge on any atom is 0.145 e. The zero-order chi connectivity index (χ0) is 15.1. The average Bonchev–Trinajstić information content (AvgIpc) is 2.52. The molecular weight excluding hydrogens is 262 g/mol. The quantitative estimate of drug-likeness (QED) is 0.830. The molecule has 1 aliphatic rings. The van der Waals surface area contributed by atoms with Crippen molar-refractivity contribution >= 4 is 11.4 Å². The smallest absolute Gasteiger partial charge is 0.145 e. The minimum absolute atomic E-state index is 0.0588. The molecule has 5 heteroatoms. The van der Waals surface area contributed by atoms with Crippen molar-refractivity contribution in [1.29, 1.82) is 10.5 Å². The van der Waals surface area contributed by atoms with Crippen molar-refractivity contribution in [2.45, 2.75) is 18.9 Å². The molecular formula is C16H19N5. The molecule has 0 aliphatic carbocycles. The van der Waals surface area contributed by atoms with Crippen molar-refractivity contribution in [3.63, 3.8) is 0 Å². The molecule has 0 atom stereocenters. The number of nitrogens with zero attached hydrogens (tertiary/aromatic N) is 3. The molecule has 1 aromatic carbocycles. The second-order valence-corrected chi connectivity index (χ2v) is 5.23. The van der Waals surface area contributed by atoms with Crippen LogP contribution >= 0.6 is 0 Å². The van der Waals surface area contributed by atoms with Crippen LogP contribution in [0, 0.1) is 22.7 Å². The third kappa shape index (κ3) is 4.52. The number of benzene rings is 1. The van der Waals surface area contributed by atoms with Gasteiger partial charge in [0.15, 0.2) is 0 Å². The van der Waals surface area contributed by atoms with E-state index in [0.29, 0.717) is 6.04 Å². The van der Waals surface area contributed by atoms with Crippen molar-refractivity contribution in [2.24, 2.45) is 0 Å². The summed E-state index contributed by atoms with van der Waals surface area (Å²) in [5.74, 6) is 0. The Kier molecular flexibility index (Phi) is 5.20. The number of allylic oxidation sites excluding steroid dienone is 1. The summed E-state index contributed by atoms with van der Waals surface area (Å²) in [4.78, 5) is 2.35. The van der Waals surface area contributed by atoms with E-state index < -0.39 is 0 Å². The highest BCUT2D eigenvalue weighted by Gasteiger charge is 2.15. The highest BCUT2D eigenvalue weighted by molar-refractivity contribution is 5.56. The van der Waals surface area contributed by atoms with Gasteiger partial charge in [0.05, 0.1) is 0 Å². The molecule has 2 rings (SSSR count). The summed E-state index contributed by atoms with van der Waals surface area (Å²) >= 11 is 0. The Morgan fingerprint density at radius 1 is 1.14 bits per heavy atom. The number of hydrogen-bond donors (Lipinski definition) is 2. The molecule has 0 saturated carbocycles. The van der Waals surface area contributed by atoms with E-state index in [0.717, 1.165) is 37.3 Å². The van der Waals surface area contributed by atoms with E-state index in [4.69, 9.17) is 10.5 Å². The average molecular weight is 281 g/mol. The maximum absolute atomic E-state index is 8.65. The third-order valence-corrected chi connectivity index (χ3v) is 3.60. The molecule has 1 fully saturated rings. The van der Waals surface area contributed by atoms with Crippen LogP contribution in [0.2, 0.25) is 0 Å². The highest BCUT2D eigenvalue weighted by atomic mass is 15.1. The Balaban J connectivity index is 1.89. The SMILES string of the molecule is CN1CCC(Nc2ccc(NC=C(C#N)C#N)cc2)CC1. The number of likely N-dealkylation sites (tertiary alicyclic amines) is 1. The summed E-state index contributed by atoms with van der Waals surface area (Å²) in [5, 5.41) is 23.8. The van der Waals surface area contributed by atoms with Crippen LogP contribution in [0.1, 0.15) is 12.8 Å². The molecule has 5 nitrogen and oxygen atoms in total. The van der Waals surface area contributed by atoms with Gasteiger partial charge in [-0.3, -0.25) is 0 Å². The van der Waals surface area contributed by atoms with Crippen molar-refractivity contribution in [1.82, 2.24) is 4.90 Å². The predicted octanol–water partition coefficient (Wildman–Crippen LogP) is 2.54. The monoisotopic (exact) mass is 281 g/mol. The molecule has 1 saturated heterocycles. The Bertz CT molecular complexity index is 552. The first-order valence-corrected chi connectivity index (χ1v) is 7.03. The number of hydrogen-bond acceptors (Lipinski definition) is 5. The molecule has 1 heterocycles. The minimum Gasteiger partial charge on any atom is -0.382 e. The van der Waals surface area contributed by atoms with Crippen molar-refractivity contribution in [3.05, 3.63) is 36.0 Å². The number of piperidine rings is 1. The molecule has 0 spiro atoms. The Morgan fingerprint density at radius 2 is 1.71 bits per heavy atom. The summed E-state index contributed by atoms with van der Waals surface area (Å²) in [6.07, 6.45) is 3.74. The first-order chi connectivity index (χ1) is 10.2. The lowest BCUT2D eigenvalue weighted by Gasteiger charge is -2.30. The number of nitrogens with one attached hydrogen (secondary N) is 2. The van der Waals surface area contributed by atoms with Gasteiger partial charge in [-0.25, -0.2) is 0 Å². The lowest BCUT2D eigenvalue weighted by atomic mass is 10.1. The fourth-order valence-corrected chi connectivity index (χ4v) is 2.30. The van der Waals surface area contributed by atoms with Crippen LogP contribution < -0.4 is 10.6 Å². The van der Waals surface area contributed by atoms with Crippen LogP contribution in [0.15, 0.2) is 36.0 Å². The number of nitriles is 2. The molecule has 0 unspecified atom stereocenters. The Morgan fingerprint density at radius 3 is 2.29 bits per heavy atom. The van der Waals surface area contributed by atoms with Crippen molar-refractivity contribution in [2.75, 3.05) is 30.8 Å². The van der Waals surface area contributed by atoms with E-state index in [1.807, 2.05) is 36.4 Å². The van der Waals surface area contributed by atoms with Crippen LogP contribution in [0.25, 0.3) is 0 Å². The van der Waals surface area contributed by atoms with E-state index in [9.17, 15) is 0 Å². The van der Waals surface area contributed by atoms with Gasteiger partial charge in [0.1, 0.15) is 17.7 Å². The first-order valence-electron chi connectivity index (χ1n) is 7.03. The van der Waals surface area contributed by atoms with Gasteiger partial charge >= 0.3 is 0 Å². The van der Waals surface area contributed by atoms with Gasteiger partial charge in [0, 0.05) is 23.6 Å². The summed E-state index contributed by atoms with van der Waals surface area (Å²) in [7, 11) is 2.15. The van der Waals surface area contributed by atoms with Gasteiger partial charge in [-0.15, -0.1) is 0 Å². The predicted molar refractivity (Wildman–Crippen MR) is 83.5 cm³/mol. The fourth-order valence-electron chi connectivity index (χ4n) is 2.30. The molecule has 1 aromatic rings. The molecule has 1 aliphatic heterocycles. The van der Waals surface area contributed by atoms with Crippen molar-refractivity contribution < 1.29 is 0 Å². The van der Waals surface area contributed by atoms with Crippen molar-refractivity contribution in [3.8, 4) is 12.1 Å². The van der Waals surface area contributed by atoms with Crippen LogP contribution in [0.3, 0.4) is 0 Å². The summed E-state index contributed by atoms with van der Waals surface area (Å²) in [6.45, 7) is 2.26. The lowest BCUT2D eigenvalue weighted by Crippen LogP contribution is -2.36. The van der Waals surface area contributed by atoms with E-state index in [-0.39, 0.29) is 5.57 Å². The van der Waals surface area contributed by atoms with Crippen LogP contribution in [-0.4, -0.2) is 31.1 Å². The molecule has 0 aromatic heterocycles. The van der Waals surface area contributed by atoms with E-state index in [1.54, 1.807) is 0 Å². The highest BCUT2D eigenvalue weighted by Crippen LogP contribution is 2.18. The zero-order valence-electron chi connectivity index (χ0n) is 12.1. The molecule has 0 radical (unpaired) electrons.